The van der Waals surface area contributed by atoms with Crippen LogP contribution in [0.1, 0.15) is 38.5 Å². The lowest BCUT2D eigenvalue weighted by molar-refractivity contribution is 0.190. The zero-order valence-corrected chi connectivity index (χ0v) is 17.6. The van der Waals surface area contributed by atoms with Gasteiger partial charge in [0.1, 0.15) is 0 Å². The van der Waals surface area contributed by atoms with E-state index in [9.17, 15) is 21.6 Å². The molecule has 0 aromatic heterocycles. The first-order valence-corrected chi connectivity index (χ1v) is 13.0. The Morgan fingerprint density at radius 2 is 1.79 bits per heavy atom. The number of benzene rings is 1. The molecule has 2 fully saturated rings. The standard InChI is InChI=1S/C18H27N3O5S2/c1-27(23,24)20-15-7-5-11-21(13-15)18(22)19-14-6-4-10-17(12-14)28(25,26)16-8-2-3-9-16/h4,6,10,12,15-16,20H,2-3,5,7-9,11,13H2,1H3,(H,19,22)/t15-/m0/s1. The van der Waals surface area contributed by atoms with Crippen molar-refractivity contribution in [2.45, 2.75) is 54.7 Å². The predicted molar refractivity (Wildman–Crippen MR) is 107 cm³/mol. The fourth-order valence-corrected chi connectivity index (χ4v) is 6.60. The van der Waals surface area contributed by atoms with Crippen LogP contribution in [0.4, 0.5) is 10.5 Å². The molecule has 1 aliphatic carbocycles. The maximum atomic E-state index is 12.8. The van der Waals surface area contributed by atoms with Gasteiger partial charge in [-0.1, -0.05) is 18.9 Å². The Morgan fingerprint density at radius 1 is 1.07 bits per heavy atom. The van der Waals surface area contributed by atoms with E-state index in [0.29, 0.717) is 37.9 Å². The molecule has 1 aromatic rings. The Hall–Kier alpha value is -1.65. The summed E-state index contributed by atoms with van der Waals surface area (Å²) >= 11 is 0. The van der Waals surface area contributed by atoms with E-state index in [-0.39, 0.29) is 28.8 Å². The molecule has 1 aliphatic heterocycles. The van der Waals surface area contributed by atoms with E-state index in [1.54, 1.807) is 23.1 Å². The highest BCUT2D eigenvalue weighted by Crippen LogP contribution is 2.30. The zero-order valence-electron chi connectivity index (χ0n) is 15.9. The summed E-state index contributed by atoms with van der Waals surface area (Å²) in [6.45, 7) is 0.798. The molecule has 2 aliphatic rings. The number of likely N-dealkylation sites (tertiary alicyclic amines) is 1. The molecule has 0 radical (unpaired) electrons. The monoisotopic (exact) mass is 429 g/mol. The van der Waals surface area contributed by atoms with Crippen molar-refractivity contribution in [2.75, 3.05) is 24.7 Å². The van der Waals surface area contributed by atoms with Gasteiger partial charge < -0.3 is 10.2 Å². The van der Waals surface area contributed by atoms with Crippen LogP contribution in [-0.2, 0) is 19.9 Å². The second kappa shape index (κ2) is 8.38. The number of rotatable bonds is 5. The summed E-state index contributed by atoms with van der Waals surface area (Å²) in [4.78, 5) is 14.4. The molecule has 1 saturated heterocycles. The number of nitrogens with one attached hydrogen (secondary N) is 2. The molecule has 1 atom stereocenters. The maximum Gasteiger partial charge on any atom is 0.321 e. The minimum absolute atomic E-state index is 0.229. The van der Waals surface area contributed by atoms with Crippen LogP contribution in [0.5, 0.6) is 0 Å². The molecular formula is C18H27N3O5S2. The lowest BCUT2D eigenvalue weighted by atomic mass is 10.1. The Balaban J connectivity index is 1.67. The van der Waals surface area contributed by atoms with Gasteiger partial charge in [0.25, 0.3) is 0 Å². The van der Waals surface area contributed by atoms with E-state index in [1.807, 2.05) is 0 Å². The van der Waals surface area contributed by atoms with E-state index >= 15 is 0 Å². The molecule has 0 bridgehead atoms. The number of anilines is 1. The van der Waals surface area contributed by atoms with E-state index in [2.05, 4.69) is 10.0 Å². The number of hydrogen-bond donors (Lipinski definition) is 2. The highest BCUT2D eigenvalue weighted by Gasteiger charge is 2.30. The highest BCUT2D eigenvalue weighted by molar-refractivity contribution is 7.92. The lowest BCUT2D eigenvalue weighted by Crippen LogP contribution is -2.50. The lowest BCUT2D eigenvalue weighted by Gasteiger charge is -2.32. The number of carbonyl (C=O) groups excluding carboxylic acids is 1. The fourth-order valence-electron chi connectivity index (χ4n) is 3.91. The SMILES string of the molecule is CS(=O)(=O)N[C@H]1CCCN(C(=O)Nc2cccc(S(=O)(=O)C3CCCC3)c2)C1. The minimum atomic E-state index is -3.39. The molecular weight excluding hydrogens is 402 g/mol. The molecule has 1 saturated carbocycles. The van der Waals surface area contributed by atoms with Gasteiger partial charge in [-0.15, -0.1) is 0 Å². The Bertz CT molecular complexity index is 924. The largest absolute Gasteiger partial charge is 0.323 e. The maximum absolute atomic E-state index is 12.8. The summed E-state index contributed by atoms with van der Waals surface area (Å²) < 4.78 is 50.9. The van der Waals surface area contributed by atoms with Gasteiger partial charge in [0, 0.05) is 24.8 Å². The molecule has 2 amide bonds. The number of hydrogen-bond acceptors (Lipinski definition) is 5. The van der Waals surface area contributed by atoms with Gasteiger partial charge in [-0.3, -0.25) is 0 Å². The van der Waals surface area contributed by atoms with E-state index in [4.69, 9.17) is 0 Å². The van der Waals surface area contributed by atoms with Gasteiger partial charge in [0.2, 0.25) is 10.0 Å². The van der Waals surface area contributed by atoms with Crippen molar-refractivity contribution < 1.29 is 21.6 Å². The number of nitrogens with zero attached hydrogens (tertiary/aromatic N) is 1. The summed E-state index contributed by atoms with van der Waals surface area (Å²) in [6, 6.07) is 5.67. The third-order valence-electron chi connectivity index (χ3n) is 5.24. The smallest absolute Gasteiger partial charge is 0.321 e. The molecule has 1 heterocycles. The van der Waals surface area contributed by atoms with Crippen LogP contribution in [0.25, 0.3) is 0 Å². The normalized spacial score (nSPS) is 21.6. The molecule has 0 unspecified atom stereocenters. The Kier molecular flexibility index (Phi) is 6.31. The molecule has 2 N–H and O–H groups in total. The number of amides is 2. The van der Waals surface area contributed by atoms with Crippen LogP contribution >= 0.6 is 0 Å². The molecule has 28 heavy (non-hydrogen) atoms. The summed E-state index contributed by atoms with van der Waals surface area (Å²) in [7, 11) is -6.73. The number of carbonyl (C=O) groups is 1. The van der Waals surface area contributed by atoms with Crippen LogP contribution in [0.3, 0.4) is 0 Å². The molecule has 8 nitrogen and oxygen atoms in total. The first kappa shape index (κ1) is 21.1. The summed E-state index contributed by atoms with van der Waals surface area (Å²) in [5, 5.41) is 2.40. The highest BCUT2D eigenvalue weighted by atomic mass is 32.2. The van der Waals surface area contributed by atoms with Crippen molar-refractivity contribution in [2.24, 2.45) is 0 Å². The summed E-state index contributed by atoms with van der Waals surface area (Å²) in [6.07, 6.45) is 5.68. The number of piperidine rings is 1. The summed E-state index contributed by atoms with van der Waals surface area (Å²) in [5.74, 6) is 0. The van der Waals surface area contributed by atoms with Gasteiger partial charge in [-0.05, 0) is 43.9 Å². The van der Waals surface area contributed by atoms with Gasteiger partial charge in [-0.2, -0.15) is 0 Å². The Labute approximate surface area is 166 Å². The Morgan fingerprint density at radius 3 is 2.46 bits per heavy atom. The second-order valence-corrected chi connectivity index (χ2v) is 11.6. The first-order chi connectivity index (χ1) is 13.1. The number of sulfone groups is 1. The van der Waals surface area contributed by atoms with Crippen LogP contribution in [0.2, 0.25) is 0 Å². The number of urea groups is 1. The average Bonchev–Trinajstić information content (AvgIpc) is 3.16. The molecule has 0 spiro atoms. The second-order valence-electron chi connectivity index (χ2n) is 7.58. The third kappa shape index (κ3) is 5.24. The van der Waals surface area contributed by atoms with Gasteiger partial charge >= 0.3 is 6.03 Å². The van der Waals surface area contributed by atoms with Crippen LogP contribution in [0, 0.1) is 0 Å². The molecule has 156 valence electrons. The topological polar surface area (TPSA) is 113 Å². The minimum Gasteiger partial charge on any atom is -0.323 e. The van der Waals surface area contributed by atoms with Crippen molar-refractivity contribution in [3.05, 3.63) is 24.3 Å². The van der Waals surface area contributed by atoms with Gasteiger partial charge in [-0.25, -0.2) is 26.4 Å². The van der Waals surface area contributed by atoms with Gasteiger partial charge in [0.15, 0.2) is 9.84 Å². The van der Waals surface area contributed by atoms with Crippen molar-refractivity contribution in [3.8, 4) is 0 Å². The summed E-state index contributed by atoms with van der Waals surface area (Å²) in [5.41, 5.74) is 0.419. The van der Waals surface area contributed by atoms with Crippen LogP contribution in [-0.4, -0.2) is 58.4 Å². The van der Waals surface area contributed by atoms with Crippen molar-refractivity contribution in [1.29, 1.82) is 0 Å². The number of sulfonamides is 1. The third-order valence-corrected chi connectivity index (χ3v) is 8.27. The quantitative estimate of drug-likeness (QED) is 0.743. The van der Waals surface area contributed by atoms with E-state index in [1.165, 1.54) is 6.07 Å². The van der Waals surface area contributed by atoms with E-state index < -0.39 is 19.9 Å². The fraction of sp³-hybridized carbons (Fsp3) is 0.611. The van der Waals surface area contributed by atoms with Crippen molar-refractivity contribution >= 4 is 31.6 Å². The average molecular weight is 430 g/mol. The van der Waals surface area contributed by atoms with Crippen molar-refractivity contribution in [1.82, 2.24) is 9.62 Å². The molecule has 3 rings (SSSR count). The van der Waals surface area contributed by atoms with Gasteiger partial charge in [0.05, 0.1) is 16.4 Å². The van der Waals surface area contributed by atoms with Crippen LogP contribution in [0.15, 0.2) is 29.2 Å². The zero-order chi connectivity index (χ0) is 20.4. The molecule has 10 heteroatoms. The first-order valence-electron chi connectivity index (χ1n) is 9.52. The predicted octanol–water partition coefficient (Wildman–Crippen LogP) is 1.95. The van der Waals surface area contributed by atoms with Crippen molar-refractivity contribution in [3.63, 3.8) is 0 Å². The molecule has 1 aromatic carbocycles. The van der Waals surface area contributed by atoms with Crippen LogP contribution < -0.4 is 10.0 Å². The van der Waals surface area contributed by atoms with E-state index in [0.717, 1.165) is 19.1 Å².